The quantitative estimate of drug-likeness (QED) is 0.563. The van der Waals surface area contributed by atoms with Crippen LogP contribution in [0, 0.1) is 20.8 Å². The molecule has 0 unspecified atom stereocenters. The summed E-state index contributed by atoms with van der Waals surface area (Å²) in [5, 5.41) is 0.714. The molecule has 6 heteroatoms. The van der Waals surface area contributed by atoms with E-state index in [1.807, 2.05) is 45.0 Å². The third kappa shape index (κ3) is 2.30. The van der Waals surface area contributed by atoms with Crippen molar-refractivity contribution < 1.29 is 0 Å². The first-order valence-electron chi connectivity index (χ1n) is 7.72. The van der Waals surface area contributed by atoms with Crippen LogP contribution >= 0.6 is 11.3 Å². The van der Waals surface area contributed by atoms with Gasteiger partial charge in [0.2, 0.25) is 0 Å². The van der Waals surface area contributed by atoms with Gasteiger partial charge in [-0.05, 0) is 38.5 Å². The number of benzene rings is 1. The van der Waals surface area contributed by atoms with Crippen molar-refractivity contribution in [3.8, 4) is 0 Å². The first-order valence-corrected chi connectivity index (χ1v) is 8.53. The first kappa shape index (κ1) is 15.0. The van der Waals surface area contributed by atoms with E-state index in [9.17, 15) is 4.79 Å². The van der Waals surface area contributed by atoms with Crippen molar-refractivity contribution in [1.29, 1.82) is 0 Å². The second-order valence-corrected chi connectivity index (χ2v) is 7.09. The third-order valence-corrected chi connectivity index (χ3v) is 5.43. The maximum Gasteiger partial charge on any atom is 0.262 e. The van der Waals surface area contributed by atoms with Crippen molar-refractivity contribution in [2.24, 2.45) is 0 Å². The molecule has 0 saturated carbocycles. The van der Waals surface area contributed by atoms with E-state index in [2.05, 4.69) is 15.0 Å². The van der Waals surface area contributed by atoms with Crippen LogP contribution in [0.4, 0.5) is 0 Å². The highest BCUT2D eigenvalue weighted by molar-refractivity contribution is 7.18. The van der Waals surface area contributed by atoms with Crippen molar-refractivity contribution in [2.75, 3.05) is 0 Å². The summed E-state index contributed by atoms with van der Waals surface area (Å²) in [6.07, 6.45) is 1.61. The molecule has 0 aliphatic carbocycles. The van der Waals surface area contributed by atoms with Crippen LogP contribution in [0.2, 0.25) is 0 Å². The molecule has 5 nitrogen and oxygen atoms in total. The van der Waals surface area contributed by atoms with Crippen LogP contribution in [0.1, 0.15) is 21.8 Å². The Kier molecular flexibility index (Phi) is 3.42. The Hall–Kier alpha value is -2.60. The van der Waals surface area contributed by atoms with Gasteiger partial charge in [0.25, 0.3) is 5.56 Å². The molecule has 3 aromatic heterocycles. The predicted molar refractivity (Wildman–Crippen MR) is 96.7 cm³/mol. The highest BCUT2D eigenvalue weighted by Gasteiger charge is 2.13. The fourth-order valence-electron chi connectivity index (χ4n) is 2.82. The number of para-hydroxylation sites is 2. The Bertz CT molecular complexity index is 1140. The Morgan fingerprint density at radius 3 is 2.54 bits per heavy atom. The lowest BCUT2D eigenvalue weighted by Crippen LogP contribution is -2.22. The number of aromatic nitrogens is 4. The minimum Gasteiger partial charge on any atom is -0.293 e. The Balaban J connectivity index is 1.85. The van der Waals surface area contributed by atoms with Crippen LogP contribution in [0.3, 0.4) is 0 Å². The van der Waals surface area contributed by atoms with Crippen LogP contribution in [-0.4, -0.2) is 19.5 Å². The van der Waals surface area contributed by atoms with Gasteiger partial charge >= 0.3 is 0 Å². The summed E-state index contributed by atoms with van der Waals surface area (Å²) < 4.78 is 1.62. The highest BCUT2D eigenvalue weighted by atomic mass is 32.1. The van der Waals surface area contributed by atoms with Crippen molar-refractivity contribution in [1.82, 2.24) is 19.5 Å². The average Bonchev–Trinajstić information content (AvgIpc) is 2.86. The second-order valence-electron chi connectivity index (χ2n) is 5.89. The average molecular weight is 336 g/mol. The summed E-state index contributed by atoms with van der Waals surface area (Å²) in [5.41, 5.74) is 4.33. The van der Waals surface area contributed by atoms with E-state index in [1.165, 1.54) is 0 Å². The van der Waals surface area contributed by atoms with Gasteiger partial charge in [-0.25, -0.2) is 15.0 Å². The van der Waals surface area contributed by atoms with Gasteiger partial charge in [0.05, 0.1) is 40.7 Å². The molecule has 0 saturated heterocycles. The Morgan fingerprint density at radius 1 is 1.08 bits per heavy atom. The molecule has 0 N–H and O–H groups in total. The molecule has 4 aromatic rings. The van der Waals surface area contributed by atoms with Gasteiger partial charge < -0.3 is 0 Å². The minimum absolute atomic E-state index is 0.0174. The monoisotopic (exact) mass is 336 g/mol. The van der Waals surface area contributed by atoms with E-state index in [1.54, 1.807) is 22.2 Å². The molecule has 0 aliphatic rings. The number of fused-ring (bicyclic) bond motifs is 2. The summed E-state index contributed by atoms with van der Waals surface area (Å²) >= 11 is 1.56. The van der Waals surface area contributed by atoms with E-state index in [4.69, 9.17) is 0 Å². The fourth-order valence-corrected chi connectivity index (χ4v) is 3.81. The number of hydrogen-bond donors (Lipinski definition) is 0. The molecular weight excluding hydrogens is 320 g/mol. The van der Waals surface area contributed by atoms with Gasteiger partial charge in [-0.3, -0.25) is 9.36 Å². The molecule has 0 atom stereocenters. The van der Waals surface area contributed by atoms with E-state index < -0.39 is 0 Å². The smallest absolute Gasteiger partial charge is 0.262 e. The van der Waals surface area contributed by atoms with Gasteiger partial charge in [0.1, 0.15) is 4.83 Å². The molecule has 24 heavy (non-hydrogen) atoms. The first-order chi connectivity index (χ1) is 11.5. The molecule has 0 fully saturated rings. The second kappa shape index (κ2) is 5.49. The highest BCUT2D eigenvalue weighted by Crippen LogP contribution is 2.25. The van der Waals surface area contributed by atoms with Gasteiger partial charge in [0.15, 0.2) is 0 Å². The van der Waals surface area contributed by atoms with Crippen LogP contribution in [-0.2, 0) is 6.54 Å². The van der Waals surface area contributed by atoms with Crippen LogP contribution < -0.4 is 5.56 Å². The predicted octanol–water partition coefficient (Wildman–Crippen LogP) is 3.37. The van der Waals surface area contributed by atoms with E-state index in [0.29, 0.717) is 11.9 Å². The summed E-state index contributed by atoms with van der Waals surface area (Å²) in [4.78, 5) is 28.5. The molecule has 0 spiro atoms. The molecule has 0 amide bonds. The topological polar surface area (TPSA) is 60.7 Å². The molecule has 0 radical (unpaired) electrons. The Morgan fingerprint density at radius 2 is 1.79 bits per heavy atom. The summed E-state index contributed by atoms with van der Waals surface area (Å²) in [5.74, 6) is 0. The zero-order valence-electron chi connectivity index (χ0n) is 13.7. The van der Waals surface area contributed by atoms with Crippen molar-refractivity contribution >= 4 is 32.6 Å². The van der Waals surface area contributed by atoms with Crippen molar-refractivity contribution in [3.05, 3.63) is 62.8 Å². The maximum atomic E-state index is 12.8. The zero-order valence-corrected chi connectivity index (χ0v) is 14.5. The molecule has 120 valence electrons. The van der Waals surface area contributed by atoms with Crippen molar-refractivity contribution in [2.45, 2.75) is 27.3 Å². The van der Waals surface area contributed by atoms with Gasteiger partial charge in [0, 0.05) is 4.88 Å². The lowest BCUT2D eigenvalue weighted by Gasteiger charge is -2.09. The normalized spacial score (nSPS) is 11.5. The molecule has 3 heterocycles. The number of nitrogens with zero attached hydrogens (tertiary/aromatic N) is 4. The number of aryl methyl sites for hydroxylation is 3. The lowest BCUT2D eigenvalue weighted by molar-refractivity contribution is 0.723. The molecule has 1 aromatic carbocycles. The number of hydrogen-bond acceptors (Lipinski definition) is 5. The fraction of sp³-hybridized carbons (Fsp3) is 0.222. The van der Waals surface area contributed by atoms with Crippen LogP contribution in [0.25, 0.3) is 21.3 Å². The Labute approximate surface area is 142 Å². The number of rotatable bonds is 2. The van der Waals surface area contributed by atoms with Crippen LogP contribution in [0.15, 0.2) is 35.4 Å². The standard InChI is InChI=1S/C18H16N4OS/c1-10-12(3)24-17-16(10)18(23)22(9-19-17)8-15-11(2)20-13-6-4-5-7-14(13)21-15/h4-7,9H,8H2,1-3H3. The van der Waals surface area contributed by atoms with Gasteiger partial charge in [-0.1, -0.05) is 12.1 Å². The van der Waals surface area contributed by atoms with E-state index >= 15 is 0 Å². The van der Waals surface area contributed by atoms with E-state index in [-0.39, 0.29) is 5.56 Å². The summed E-state index contributed by atoms with van der Waals surface area (Å²) in [6, 6.07) is 7.76. The van der Waals surface area contributed by atoms with Gasteiger partial charge in [-0.15, -0.1) is 11.3 Å². The third-order valence-electron chi connectivity index (χ3n) is 4.32. The SMILES string of the molecule is Cc1nc2ccccc2nc1Cn1cnc2sc(C)c(C)c2c1=O. The molecule has 4 rings (SSSR count). The molecule has 0 aliphatic heterocycles. The van der Waals surface area contributed by atoms with Crippen LogP contribution in [0.5, 0.6) is 0 Å². The minimum atomic E-state index is -0.0174. The number of thiophene rings is 1. The van der Waals surface area contributed by atoms with Crippen molar-refractivity contribution in [3.63, 3.8) is 0 Å². The lowest BCUT2D eigenvalue weighted by atomic mass is 10.2. The largest absolute Gasteiger partial charge is 0.293 e. The maximum absolute atomic E-state index is 12.8. The summed E-state index contributed by atoms with van der Waals surface area (Å²) in [7, 11) is 0. The van der Waals surface area contributed by atoms with E-state index in [0.717, 1.165) is 37.7 Å². The molecule has 0 bridgehead atoms. The molecular formula is C18H16N4OS. The van der Waals surface area contributed by atoms with Gasteiger partial charge in [-0.2, -0.15) is 0 Å². The zero-order chi connectivity index (χ0) is 16.8. The summed E-state index contributed by atoms with van der Waals surface area (Å²) in [6.45, 7) is 6.29.